The molecule has 0 amide bonds. The molecule has 0 radical (unpaired) electrons. The minimum absolute atomic E-state index is 0.0325. The average molecular weight is 212 g/mol. The normalized spacial score (nSPS) is 10.1. The van der Waals surface area contributed by atoms with Crippen LogP contribution in [0.3, 0.4) is 0 Å². The van der Waals surface area contributed by atoms with Crippen molar-refractivity contribution in [1.29, 1.82) is 10.5 Å². The maximum absolute atomic E-state index is 12.9. The van der Waals surface area contributed by atoms with Crippen molar-refractivity contribution in [2.75, 3.05) is 0 Å². The van der Waals surface area contributed by atoms with E-state index in [0.29, 0.717) is 5.56 Å². The summed E-state index contributed by atoms with van der Waals surface area (Å²) in [6.07, 6.45) is 3.17. The van der Waals surface area contributed by atoms with Gasteiger partial charge in [-0.05, 0) is 36.3 Å². The fraction of sp³-hybridized carbons (Fsp3) is 0.0769. The van der Waals surface area contributed by atoms with Gasteiger partial charge >= 0.3 is 0 Å². The van der Waals surface area contributed by atoms with Crippen LogP contribution in [0.1, 0.15) is 12.5 Å². The summed E-state index contributed by atoms with van der Waals surface area (Å²) in [6, 6.07) is 9.63. The van der Waals surface area contributed by atoms with Crippen molar-refractivity contribution in [1.82, 2.24) is 0 Å². The van der Waals surface area contributed by atoms with E-state index < -0.39 is 0 Å². The second kappa shape index (κ2) is 5.48. The van der Waals surface area contributed by atoms with Crippen molar-refractivity contribution < 1.29 is 4.39 Å². The van der Waals surface area contributed by atoms with Crippen LogP contribution in [0.2, 0.25) is 0 Å². The predicted octanol–water partition coefficient (Wildman–Crippen LogP) is 3.20. The van der Waals surface area contributed by atoms with Crippen LogP contribution < -0.4 is 0 Å². The number of hydrogen-bond acceptors (Lipinski definition) is 2. The van der Waals surface area contributed by atoms with Crippen molar-refractivity contribution in [3.05, 3.63) is 52.9 Å². The van der Waals surface area contributed by atoms with Gasteiger partial charge in [0.25, 0.3) is 0 Å². The van der Waals surface area contributed by atoms with Crippen LogP contribution in [0.4, 0.5) is 4.39 Å². The lowest BCUT2D eigenvalue weighted by atomic mass is 10.1. The lowest BCUT2D eigenvalue weighted by Gasteiger charge is -1.95. The predicted molar refractivity (Wildman–Crippen MR) is 59.4 cm³/mol. The van der Waals surface area contributed by atoms with Gasteiger partial charge in [-0.25, -0.2) is 4.39 Å². The second-order valence-electron chi connectivity index (χ2n) is 3.22. The van der Waals surface area contributed by atoms with E-state index in [4.69, 9.17) is 10.5 Å². The van der Waals surface area contributed by atoms with Gasteiger partial charge in [0.2, 0.25) is 0 Å². The molecular weight excluding hydrogens is 203 g/mol. The molecule has 16 heavy (non-hydrogen) atoms. The Morgan fingerprint density at radius 3 is 2.56 bits per heavy atom. The molecule has 0 atom stereocenters. The number of hydrogen-bond donors (Lipinski definition) is 0. The van der Waals surface area contributed by atoms with Gasteiger partial charge in [-0.1, -0.05) is 18.2 Å². The Morgan fingerprint density at radius 1 is 1.31 bits per heavy atom. The van der Waals surface area contributed by atoms with Crippen molar-refractivity contribution >= 4 is 6.08 Å². The molecule has 0 saturated heterocycles. The van der Waals surface area contributed by atoms with E-state index in [0.717, 1.165) is 5.57 Å². The molecule has 3 heteroatoms. The summed E-state index contributed by atoms with van der Waals surface area (Å²) in [5, 5.41) is 17.1. The Kier molecular flexibility index (Phi) is 4.00. The van der Waals surface area contributed by atoms with E-state index in [9.17, 15) is 4.39 Å². The molecule has 0 aliphatic heterocycles. The van der Waals surface area contributed by atoms with Crippen LogP contribution in [-0.4, -0.2) is 0 Å². The number of nitriles is 2. The molecule has 78 valence electrons. The van der Waals surface area contributed by atoms with Crippen LogP contribution in [0.5, 0.6) is 0 Å². The van der Waals surface area contributed by atoms with E-state index in [1.54, 1.807) is 37.3 Å². The zero-order valence-corrected chi connectivity index (χ0v) is 8.74. The molecule has 0 fully saturated rings. The van der Waals surface area contributed by atoms with Gasteiger partial charge in [-0.3, -0.25) is 0 Å². The molecule has 0 aliphatic rings. The van der Waals surface area contributed by atoms with E-state index >= 15 is 0 Å². The fourth-order valence-corrected chi connectivity index (χ4v) is 1.22. The summed E-state index contributed by atoms with van der Waals surface area (Å²) in [5.74, 6) is -0.314. The topological polar surface area (TPSA) is 47.6 Å². The van der Waals surface area contributed by atoms with Crippen LogP contribution in [0, 0.1) is 28.5 Å². The highest BCUT2D eigenvalue weighted by Gasteiger charge is 1.94. The molecule has 0 aliphatic carbocycles. The summed E-state index contributed by atoms with van der Waals surface area (Å²) in [6.45, 7) is 1.75. The molecule has 0 saturated carbocycles. The van der Waals surface area contributed by atoms with Gasteiger partial charge in [0.1, 0.15) is 23.5 Å². The Hall–Kier alpha value is -2.39. The molecule has 0 unspecified atom stereocenters. The second-order valence-corrected chi connectivity index (χ2v) is 3.22. The molecule has 0 bridgehead atoms. The molecule has 2 nitrogen and oxygen atoms in total. The number of rotatable bonds is 2. The number of halogens is 1. The third kappa shape index (κ3) is 3.40. The molecular formula is C13H9FN2. The summed E-state index contributed by atoms with van der Waals surface area (Å²) in [5.41, 5.74) is 1.46. The van der Waals surface area contributed by atoms with Crippen LogP contribution in [0.25, 0.3) is 6.08 Å². The van der Waals surface area contributed by atoms with Crippen LogP contribution >= 0.6 is 0 Å². The first-order valence-corrected chi connectivity index (χ1v) is 4.61. The molecule has 0 N–H and O–H groups in total. The van der Waals surface area contributed by atoms with E-state index in [2.05, 4.69) is 0 Å². The molecule has 1 aromatic rings. The zero-order chi connectivity index (χ0) is 12.0. The minimum Gasteiger partial charge on any atom is -0.207 e. The van der Waals surface area contributed by atoms with E-state index in [1.807, 2.05) is 0 Å². The van der Waals surface area contributed by atoms with Gasteiger partial charge in [0.05, 0.1) is 0 Å². The Balaban J connectivity index is 2.99. The molecule has 1 aromatic carbocycles. The highest BCUT2D eigenvalue weighted by atomic mass is 19.1. The van der Waals surface area contributed by atoms with Crippen molar-refractivity contribution in [3.8, 4) is 12.1 Å². The summed E-state index contributed by atoms with van der Waals surface area (Å²) >= 11 is 0. The molecule has 0 spiro atoms. The third-order valence-electron chi connectivity index (χ3n) is 1.86. The standard InChI is InChI=1S/C13H9FN2/c1-10(6-12(8-15)9-16)5-11-3-2-4-13(14)7-11/h2-7H,1H3/b10-5-. The first kappa shape index (κ1) is 11.7. The van der Waals surface area contributed by atoms with Crippen LogP contribution in [0.15, 0.2) is 41.5 Å². The highest BCUT2D eigenvalue weighted by Crippen LogP contribution is 2.10. The van der Waals surface area contributed by atoms with Gasteiger partial charge in [-0.2, -0.15) is 10.5 Å². The summed E-state index contributed by atoms with van der Waals surface area (Å²) in [4.78, 5) is 0. The van der Waals surface area contributed by atoms with Crippen molar-refractivity contribution in [2.24, 2.45) is 0 Å². The largest absolute Gasteiger partial charge is 0.207 e. The molecule has 0 heterocycles. The number of benzene rings is 1. The smallest absolute Gasteiger partial charge is 0.129 e. The van der Waals surface area contributed by atoms with Gasteiger partial charge < -0.3 is 0 Å². The number of allylic oxidation sites excluding steroid dienone is 3. The Morgan fingerprint density at radius 2 is 2.00 bits per heavy atom. The minimum atomic E-state index is -0.314. The maximum atomic E-state index is 12.9. The summed E-state index contributed by atoms with van der Waals surface area (Å²) in [7, 11) is 0. The zero-order valence-electron chi connectivity index (χ0n) is 8.74. The maximum Gasteiger partial charge on any atom is 0.129 e. The first-order chi connectivity index (χ1) is 7.65. The quantitative estimate of drug-likeness (QED) is 0.558. The average Bonchev–Trinajstić information content (AvgIpc) is 2.26. The number of nitrogens with zero attached hydrogens (tertiary/aromatic N) is 2. The summed E-state index contributed by atoms with van der Waals surface area (Å²) < 4.78 is 12.9. The van der Waals surface area contributed by atoms with E-state index in [-0.39, 0.29) is 11.4 Å². The Labute approximate surface area is 93.6 Å². The lowest BCUT2D eigenvalue weighted by molar-refractivity contribution is 0.627. The lowest BCUT2D eigenvalue weighted by Crippen LogP contribution is -1.79. The van der Waals surface area contributed by atoms with Crippen molar-refractivity contribution in [3.63, 3.8) is 0 Å². The van der Waals surface area contributed by atoms with Crippen molar-refractivity contribution in [2.45, 2.75) is 6.92 Å². The SMILES string of the molecule is C/C(C=C(C#N)C#N)=C/c1cccc(F)c1. The third-order valence-corrected chi connectivity index (χ3v) is 1.86. The monoisotopic (exact) mass is 212 g/mol. The fourth-order valence-electron chi connectivity index (χ4n) is 1.22. The highest BCUT2D eigenvalue weighted by molar-refractivity contribution is 5.57. The van der Waals surface area contributed by atoms with Crippen LogP contribution in [-0.2, 0) is 0 Å². The van der Waals surface area contributed by atoms with Gasteiger partial charge in [0, 0.05) is 0 Å². The van der Waals surface area contributed by atoms with E-state index in [1.165, 1.54) is 18.2 Å². The molecule has 1 rings (SSSR count). The van der Waals surface area contributed by atoms with Gasteiger partial charge in [-0.15, -0.1) is 0 Å². The first-order valence-electron chi connectivity index (χ1n) is 4.61. The molecule has 0 aromatic heterocycles. The Bertz CT molecular complexity index is 512. The van der Waals surface area contributed by atoms with Gasteiger partial charge in [0.15, 0.2) is 0 Å².